The first-order valence-corrected chi connectivity index (χ1v) is 65.0. The molecule has 0 N–H and O–H groups in total. The quantitative estimate of drug-likeness (QED) is 0.00294. The van der Waals surface area contributed by atoms with Gasteiger partial charge in [-0.1, -0.05) is 290 Å². The van der Waals surface area contributed by atoms with Gasteiger partial charge in [0.05, 0.1) is 69.5 Å². The predicted molar refractivity (Wildman–Crippen MR) is 561 cm³/mol. The number of rotatable bonds is 46. The van der Waals surface area contributed by atoms with E-state index in [2.05, 4.69) is 302 Å². The van der Waals surface area contributed by atoms with E-state index in [0.717, 1.165) is 43.9 Å². The summed E-state index contributed by atoms with van der Waals surface area (Å²) in [5, 5.41) is 9.39. The number of alkyl halides is 1. The molecule has 2 aliphatic rings. The zero-order valence-electron chi connectivity index (χ0n) is 84.4. The van der Waals surface area contributed by atoms with Crippen LogP contribution in [0.3, 0.4) is 0 Å². The third-order valence-corrected chi connectivity index (χ3v) is 45.0. The molecule has 29 heteroatoms. The molecule has 0 aromatic heterocycles. The highest BCUT2D eigenvalue weighted by Crippen LogP contribution is 2.50. The van der Waals surface area contributed by atoms with Gasteiger partial charge in [-0.2, -0.15) is 0 Å². The topological polar surface area (TPSA) is 252 Å². The third-order valence-electron chi connectivity index (χ3n) is 24.5. The standard InChI is InChI=1S/C58H85N3O7SSi3.C23H31N3O5SSi.C21H41IO3Si/c1-42(44(3)67-72(57(7,8)9,46-28-22-18-23-29-46)47-30-24-19-25-31-47)32-35-50(68-71(15,16)56(4,5)6)54-49(65-58(10,11)66-54)36-37-51(69-45-26-20-17-21-27-45)53-48(63-39-38-60-61-59)34-33-43(2)52(53)55(62)64-40-41-70(12,13)14;1-28-17-31-21-11-10-20(29-13-12-25-26-24)19(16-32-18-8-6-5-7-9-18)22(21)23(27)30-14-15-33(2,3)4;1-15(2)16(3)11-12-18(25-26(9,10)20(4,5)6)19-17(13-14-22)23-21(7,8)24-19/h17-35,42,44,49-51,54H,36-41H2,1-16H3;5-11H,12-17H2,1-4H3;11-12,15-19H,13-14H2,1-10H3/b35-32-;;12-11-/t42-,44+,49+,50?,51?,54+;;16-,17+,18?,19+/m1.1/s1. The SMILES string of the molecule is CC(C)[C@H](C)/C=C\C(O[Si](C)(C)C(C)(C)C)[C@H]1OC(C)(C)O[C@H]1CCI.COCOc1ccc(OCCN=[N+]=[N-])c(CSc2ccccc2)c1C(=O)OCC[Si](C)(C)C.Cc1ccc(OCCN=[N+]=[N-])c(C(CC[C@@H]2OC(C)(C)O[C@@H]2C(/C=C\[C@@H](C)[C@H](C)O[Si](c2ccccc2)(c2ccccc2)C(C)(C)C)O[Si](C)(C)C(C)(C)C)Sc2ccccc2)c1C(=O)OCC[Si](C)(C)C. The Morgan fingerprint density at radius 3 is 1.38 bits per heavy atom. The average Bonchev–Trinajstić information content (AvgIpc) is 1.50. The molecule has 6 aromatic carbocycles. The summed E-state index contributed by atoms with van der Waals surface area (Å²) in [5.74, 6) is 0.798. The molecule has 21 nitrogen and oxygen atoms in total. The number of carbonyl (C=O) groups is 2. The summed E-state index contributed by atoms with van der Waals surface area (Å²) in [7, 11) is -8.49. The number of hydrogen-bond donors (Lipinski definition) is 0. The Bertz CT molecular complexity index is 4610. The van der Waals surface area contributed by atoms with E-state index >= 15 is 0 Å². The van der Waals surface area contributed by atoms with Crippen molar-refractivity contribution in [1.29, 1.82) is 0 Å². The summed E-state index contributed by atoms with van der Waals surface area (Å²) in [4.78, 5) is 35.4. The highest BCUT2D eigenvalue weighted by atomic mass is 127. The molecule has 0 radical (unpaired) electrons. The Balaban J connectivity index is 0.000000366. The minimum absolute atomic E-state index is 0.00244. The average molecular weight is 2040 g/mol. The van der Waals surface area contributed by atoms with E-state index in [-0.39, 0.29) is 95.9 Å². The van der Waals surface area contributed by atoms with E-state index in [1.807, 2.05) is 95.3 Å². The number of thioether (sulfide) groups is 2. The molecule has 0 bridgehead atoms. The fraction of sp³-hybridized carbons (Fsp3) is 0.588. The molecule has 3 unspecified atom stereocenters. The third kappa shape index (κ3) is 35.8. The molecule has 724 valence electrons. The second-order valence-corrected chi connectivity index (χ2v) is 70.3. The second kappa shape index (κ2) is 51.9. The maximum atomic E-state index is 14.4. The number of methoxy groups -OCH3 is 1. The molecule has 6 aromatic rings. The Morgan fingerprint density at radius 2 is 0.947 bits per heavy atom. The van der Waals surface area contributed by atoms with Crippen LogP contribution in [0, 0.1) is 24.7 Å². The van der Waals surface area contributed by atoms with Crippen molar-refractivity contribution in [3.63, 3.8) is 0 Å². The van der Waals surface area contributed by atoms with Gasteiger partial charge in [0.1, 0.15) is 35.0 Å². The van der Waals surface area contributed by atoms with Crippen LogP contribution in [0.2, 0.25) is 92.7 Å². The first kappa shape index (κ1) is 114. The number of carbonyl (C=O) groups excluding carboxylic acids is 2. The minimum Gasteiger partial charge on any atom is -0.493 e. The van der Waals surface area contributed by atoms with E-state index < -0.39 is 70.9 Å². The van der Waals surface area contributed by atoms with Crippen molar-refractivity contribution in [2.45, 2.75) is 319 Å². The van der Waals surface area contributed by atoms with Gasteiger partial charge in [0, 0.05) is 75.5 Å². The lowest BCUT2D eigenvalue weighted by Gasteiger charge is -2.45. The normalized spacial score (nSPS) is 18.1. The number of hydrogen-bond acceptors (Lipinski definition) is 19. The fourth-order valence-corrected chi connectivity index (χ4v) is 26.1. The lowest BCUT2D eigenvalue weighted by molar-refractivity contribution is -0.152. The predicted octanol–water partition coefficient (Wildman–Crippen LogP) is 27.6. The molecule has 10 atom stereocenters. The maximum absolute atomic E-state index is 14.4. The van der Waals surface area contributed by atoms with E-state index in [1.165, 1.54) is 17.5 Å². The Morgan fingerprint density at radius 1 is 0.519 bits per heavy atom. The highest BCUT2D eigenvalue weighted by molar-refractivity contribution is 14.1. The molecule has 0 saturated carbocycles. The maximum Gasteiger partial charge on any atom is 0.342 e. The van der Waals surface area contributed by atoms with Crippen molar-refractivity contribution < 1.29 is 70.2 Å². The van der Waals surface area contributed by atoms with Crippen LogP contribution in [0.1, 0.15) is 187 Å². The van der Waals surface area contributed by atoms with Gasteiger partial charge < -0.3 is 60.6 Å². The van der Waals surface area contributed by atoms with Gasteiger partial charge >= 0.3 is 11.9 Å². The van der Waals surface area contributed by atoms with Gasteiger partial charge in [0.2, 0.25) is 0 Å². The molecule has 0 spiro atoms. The number of aryl methyl sites for hydroxylation is 1. The highest BCUT2D eigenvalue weighted by Gasteiger charge is 2.53. The van der Waals surface area contributed by atoms with Crippen molar-refractivity contribution in [1.82, 2.24) is 0 Å². The molecule has 2 heterocycles. The summed E-state index contributed by atoms with van der Waals surface area (Å²) in [5.41, 5.74) is 20.6. The van der Waals surface area contributed by atoms with Crippen molar-refractivity contribution in [3.8, 4) is 17.2 Å². The van der Waals surface area contributed by atoms with Crippen molar-refractivity contribution in [2.24, 2.45) is 28.0 Å². The molecule has 8 rings (SSSR count). The fourth-order valence-electron chi connectivity index (χ4n) is 14.5. The largest absolute Gasteiger partial charge is 0.493 e. The van der Waals surface area contributed by atoms with Gasteiger partial charge in [-0.05, 0) is 201 Å². The van der Waals surface area contributed by atoms with Crippen LogP contribution < -0.4 is 24.6 Å². The number of benzene rings is 6. The van der Waals surface area contributed by atoms with Crippen molar-refractivity contribution in [2.75, 3.05) is 57.8 Å². The van der Waals surface area contributed by atoms with Crippen LogP contribution in [0.15, 0.2) is 190 Å². The summed E-state index contributed by atoms with van der Waals surface area (Å²) in [6.45, 7) is 65.9. The van der Waals surface area contributed by atoms with Crippen LogP contribution in [0.5, 0.6) is 17.2 Å². The molecule has 0 aliphatic carbocycles. The number of esters is 2. The number of azide groups is 2. The van der Waals surface area contributed by atoms with E-state index in [1.54, 1.807) is 35.7 Å². The second-order valence-electron chi connectivity index (χ2n) is 41.9. The number of halogens is 1. The number of ether oxygens (including phenoxy) is 10. The summed E-state index contributed by atoms with van der Waals surface area (Å²) >= 11 is 5.68. The molecule has 2 fully saturated rings. The molecule has 2 saturated heterocycles. The Kier molecular flexibility index (Phi) is 45.1. The van der Waals surface area contributed by atoms with Crippen molar-refractivity contribution in [3.05, 3.63) is 219 Å². The lowest BCUT2D eigenvalue weighted by atomic mass is 9.93. The van der Waals surface area contributed by atoms with Gasteiger partial charge in [-0.25, -0.2) is 9.59 Å². The Hall–Kier alpha value is -6.05. The van der Waals surface area contributed by atoms with E-state index in [0.29, 0.717) is 77.6 Å². The number of allylic oxidation sites excluding steroid dienone is 1. The molecule has 131 heavy (non-hydrogen) atoms. The zero-order chi connectivity index (χ0) is 97.6. The van der Waals surface area contributed by atoms with Gasteiger partial charge in [-0.15, -0.1) is 23.5 Å². The molecular weight excluding hydrogens is 1880 g/mol. The van der Waals surface area contributed by atoms with Gasteiger partial charge in [-0.3, -0.25) is 0 Å². The van der Waals surface area contributed by atoms with Crippen LogP contribution in [0.4, 0.5) is 0 Å². The van der Waals surface area contributed by atoms with Crippen LogP contribution in [-0.4, -0.2) is 165 Å². The van der Waals surface area contributed by atoms with Crippen LogP contribution in [-0.2, 0) is 52.2 Å². The number of nitrogens with zero attached hydrogens (tertiary/aromatic N) is 6. The van der Waals surface area contributed by atoms with Crippen LogP contribution >= 0.6 is 46.1 Å². The monoisotopic (exact) mass is 2040 g/mol. The summed E-state index contributed by atoms with van der Waals surface area (Å²) in [6.07, 6.45) is 9.79. The van der Waals surface area contributed by atoms with Crippen LogP contribution in [0.25, 0.3) is 20.9 Å². The first-order chi connectivity index (χ1) is 61.2. The molecular formula is C102H157IN6O15S2Si5. The summed E-state index contributed by atoms with van der Waals surface area (Å²) < 4.78 is 84.2. The zero-order valence-corrected chi connectivity index (χ0v) is 93.2. The minimum atomic E-state index is -2.83. The Labute approximate surface area is 813 Å². The lowest BCUT2D eigenvalue weighted by Crippen LogP contribution is -2.67. The van der Waals surface area contributed by atoms with Crippen molar-refractivity contribution >= 4 is 110 Å². The van der Waals surface area contributed by atoms with E-state index in [4.69, 9.17) is 71.7 Å². The molecule has 2 aliphatic heterocycles. The smallest absolute Gasteiger partial charge is 0.342 e. The van der Waals surface area contributed by atoms with Gasteiger partial charge in [0.15, 0.2) is 35.0 Å². The van der Waals surface area contributed by atoms with E-state index in [9.17, 15) is 9.59 Å². The molecule has 0 amide bonds. The van der Waals surface area contributed by atoms with Gasteiger partial charge in [0.25, 0.3) is 8.32 Å². The summed E-state index contributed by atoms with van der Waals surface area (Å²) in [6, 6.07) is 50.7. The first-order valence-electron chi connectivity index (χ1n) is 46.5.